The second-order valence-corrected chi connectivity index (χ2v) is 10.5. The molecule has 170 valence electrons. The van der Waals surface area contributed by atoms with E-state index in [1.54, 1.807) is 18.4 Å². The van der Waals surface area contributed by atoms with E-state index in [9.17, 15) is 9.59 Å². The van der Waals surface area contributed by atoms with Gasteiger partial charge in [-0.05, 0) is 65.0 Å². The molecule has 1 aliphatic heterocycles. The first-order valence-corrected chi connectivity index (χ1v) is 12.6. The van der Waals surface area contributed by atoms with Crippen molar-refractivity contribution in [1.82, 2.24) is 14.8 Å². The lowest BCUT2D eigenvalue weighted by Gasteiger charge is -2.31. The molecular weight excluding hydrogens is 490 g/mol. The third kappa shape index (κ3) is 4.86. The predicted octanol–water partition coefficient (Wildman–Crippen LogP) is 4.90. The fourth-order valence-corrected chi connectivity index (χ4v) is 5.75. The highest BCUT2D eigenvalue weighted by molar-refractivity contribution is 9.11. The van der Waals surface area contributed by atoms with Gasteiger partial charge in [0.2, 0.25) is 5.91 Å². The number of halogens is 1. The molecule has 8 heteroatoms. The van der Waals surface area contributed by atoms with Crippen molar-refractivity contribution in [2.45, 2.75) is 32.7 Å². The van der Waals surface area contributed by atoms with Gasteiger partial charge in [0.1, 0.15) is 16.3 Å². The topological polar surface area (TPSA) is 63.6 Å². The Morgan fingerprint density at radius 2 is 1.91 bits per heavy atom. The maximum Gasteiger partial charge on any atom is 0.270 e. The van der Waals surface area contributed by atoms with Crippen LogP contribution >= 0.6 is 27.3 Å². The number of hydrogen-bond acceptors (Lipinski definition) is 4. The Kier molecular flexibility index (Phi) is 7.20. The number of fused-ring (bicyclic) bond motifs is 1. The zero-order chi connectivity index (χ0) is 22.7. The molecule has 0 bridgehead atoms. The number of thiophene rings is 1. The van der Waals surface area contributed by atoms with Gasteiger partial charge in [0.25, 0.3) is 5.91 Å². The van der Waals surface area contributed by atoms with E-state index >= 15 is 0 Å². The lowest BCUT2D eigenvalue weighted by molar-refractivity contribution is -0.126. The Hall–Kier alpha value is -2.32. The molecule has 32 heavy (non-hydrogen) atoms. The zero-order valence-corrected chi connectivity index (χ0v) is 20.8. The molecule has 1 N–H and O–H groups in total. The van der Waals surface area contributed by atoms with Crippen LogP contribution in [-0.2, 0) is 11.3 Å². The first-order valence-electron chi connectivity index (χ1n) is 11.0. The number of ether oxygens (including phenoxy) is 1. The molecule has 0 atom stereocenters. The van der Waals surface area contributed by atoms with Gasteiger partial charge in [-0.15, -0.1) is 11.3 Å². The highest BCUT2D eigenvalue weighted by atomic mass is 79.9. The monoisotopic (exact) mass is 517 g/mol. The first kappa shape index (κ1) is 22.9. The summed E-state index contributed by atoms with van der Waals surface area (Å²) >= 11 is 5.21. The molecule has 0 aliphatic carbocycles. The number of likely N-dealkylation sites (tertiary alicyclic amines) is 1. The molecule has 1 saturated heterocycles. The maximum atomic E-state index is 13.5. The summed E-state index contributed by atoms with van der Waals surface area (Å²) in [4.78, 5) is 28.7. The minimum Gasteiger partial charge on any atom is -0.497 e. The summed E-state index contributed by atoms with van der Waals surface area (Å²) in [7, 11) is 1.65. The van der Waals surface area contributed by atoms with Crippen molar-refractivity contribution in [3.63, 3.8) is 0 Å². The molecule has 1 fully saturated rings. The maximum absolute atomic E-state index is 13.5. The Morgan fingerprint density at radius 3 is 2.56 bits per heavy atom. The van der Waals surface area contributed by atoms with E-state index in [1.807, 2.05) is 42.2 Å². The number of nitrogens with zero attached hydrogens (tertiary/aromatic N) is 2. The molecule has 1 aromatic carbocycles. The number of aromatic nitrogens is 1. The van der Waals surface area contributed by atoms with E-state index < -0.39 is 0 Å². The predicted molar refractivity (Wildman–Crippen MR) is 132 cm³/mol. The number of amides is 2. The van der Waals surface area contributed by atoms with Crippen molar-refractivity contribution >= 4 is 49.3 Å². The van der Waals surface area contributed by atoms with Gasteiger partial charge < -0.3 is 19.5 Å². The Balaban J connectivity index is 1.53. The normalized spacial score (nSPS) is 14.7. The number of carbonyl (C=O) groups excluding carboxylic acids is 2. The van der Waals surface area contributed by atoms with Gasteiger partial charge >= 0.3 is 0 Å². The summed E-state index contributed by atoms with van der Waals surface area (Å²) in [6.07, 6.45) is 2.35. The average Bonchev–Trinajstić information content (AvgIpc) is 3.34. The molecule has 3 heterocycles. The molecule has 6 nitrogen and oxygen atoms in total. The number of hydrogen-bond donors (Lipinski definition) is 1. The highest BCUT2D eigenvalue weighted by Crippen LogP contribution is 2.34. The van der Waals surface area contributed by atoms with Crippen LogP contribution in [0.4, 0.5) is 0 Å². The minimum atomic E-state index is -0.00358. The van der Waals surface area contributed by atoms with Crippen LogP contribution in [0.2, 0.25) is 0 Å². The fraction of sp³-hybridized carbons (Fsp3) is 0.417. The van der Waals surface area contributed by atoms with E-state index in [2.05, 4.69) is 31.9 Å². The SMILES string of the molecule is CCCNC(=O)C1CCN(C(=O)c2cc3cc(Br)sc3n2Cc2ccc(OC)cc2)CC1. The highest BCUT2D eigenvalue weighted by Gasteiger charge is 2.29. The van der Waals surface area contributed by atoms with Crippen LogP contribution in [0.5, 0.6) is 5.75 Å². The van der Waals surface area contributed by atoms with Crippen molar-refractivity contribution in [3.8, 4) is 5.75 Å². The first-order chi connectivity index (χ1) is 15.5. The molecule has 0 saturated carbocycles. The van der Waals surface area contributed by atoms with Gasteiger partial charge in [-0.3, -0.25) is 9.59 Å². The summed E-state index contributed by atoms with van der Waals surface area (Å²) in [6.45, 7) is 4.58. The van der Waals surface area contributed by atoms with Gasteiger partial charge in [-0.25, -0.2) is 0 Å². The molecule has 0 spiro atoms. The van der Waals surface area contributed by atoms with E-state index in [-0.39, 0.29) is 17.7 Å². The second-order valence-electron chi connectivity index (χ2n) is 8.13. The van der Waals surface area contributed by atoms with Gasteiger partial charge in [-0.2, -0.15) is 0 Å². The Labute approximate surface area is 200 Å². The second kappa shape index (κ2) is 10.1. The molecular formula is C24H28BrN3O3S. The molecule has 0 unspecified atom stereocenters. The third-order valence-corrected chi connectivity index (χ3v) is 7.64. The smallest absolute Gasteiger partial charge is 0.270 e. The number of piperidine rings is 1. The van der Waals surface area contributed by atoms with Crippen LogP contribution in [0.25, 0.3) is 10.2 Å². The van der Waals surface area contributed by atoms with Crippen molar-refractivity contribution in [2.75, 3.05) is 26.7 Å². The molecule has 1 aliphatic rings. The Bertz CT molecular complexity index is 1100. The number of benzene rings is 1. The van der Waals surface area contributed by atoms with Crippen LogP contribution < -0.4 is 10.1 Å². The van der Waals surface area contributed by atoms with Crippen molar-refractivity contribution in [2.24, 2.45) is 5.92 Å². The van der Waals surface area contributed by atoms with Crippen LogP contribution in [-0.4, -0.2) is 48.0 Å². The molecule has 4 rings (SSSR count). The van der Waals surface area contributed by atoms with E-state index in [1.165, 1.54) is 0 Å². The Morgan fingerprint density at radius 1 is 1.19 bits per heavy atom. The minimum absolute atomic E-state index is 0.00358. The van der Waals surface area contributed by atoms with Crippen LogP contribution in [0.15, 0.2) is 40.2 Å². The van der Waals surface area contributed by atoms with Crippen molar-refractivity contribution in [1.29, 1.82) is 0 Å². The lowest BCUT2D eigenvalue weighted by atomic mass is 9.95. The number of methoxy groups -OCH3 is 1. The fourth-order valence-electron chi connectivity index (χ4n) is 4.16. The summed E-state index contributed by atoms with van der Waals surface area (Å²) < 4.78 is 8.42. The quantitative estimate of drug-likeness (QED) is 0.484. The van der Waals surface area contributed by atoms with Crippen molar-refractivity contribution in [3.05, 3.63) is 51.4 Å². The van der Waals surface area contributed by atoms with Crippen molar-refractivity contribution < 1.29 is 14.3 Å². The number of nitrogens with one attached hydrogen (secondary N) is 1. The van der Waals surface area contributed by atoms with Crippen LogP contribution in [0, 0.1) is 5.92 Å². The largest absolute Gasteiger partial charge is 0.497 e. The zero-order valence-electron chi connectivity index (χ0n) is 18.4. The molecule has 3 aromatic rings. The summed E-state index contributed by atoms with van der Waals surface area (Å²) in [5, 5.41) is 4.05. The number of rotatable bonds is 7. The molecule has 2 amide bonds. The van der Waals surface area contributed by atoms with Gasteiger partial charge in [-0.1, -0.05) is 19.1 Å². The van der Waals surface area contributed by atoms with E-state index in [0.29, 0.717) is 44.7 Å². The van der Waals surface area contributed by atoms with Gasteiger partial charge in [0.05, 0.1) is 10.9 Å². The standard InChI is InChI=1S/C24H28BrN3O3S/c1-3-10-26-22(29)17-8-11-27(12-9-17)23(30)20-13-18-14-21(25)32-24(18)28(20)15-16-4-6-19(31-2)7-5-16/h4-7,13-14,17H,3,8-12,15H2,1-2H3,(H,26,29). The van der Waals surface area contributed by atoms with Gasteiger partial charge in [0.15, 0.2) is 0 Å². The summed E-state index contributed by atoms with van der Waals surface area (Å²) in [5.74, 6) is 0.959. The molecule has 2 aromatic heterocycles. The number of carbonyl (C=O) groups is 2. The third-order valence-electron chi connectivity index (χ3n) is 5.96. The summed E-state index contributed by atoms with van der Waals surface area (Å²) in [5.41, 5.74) is 1.80. The molecule has 0 radical (unpaired) electrons. The van der Waals surface area contributed by atoms with E-state index in [0.717, 1.165) is 31.7 Å². The van der Waals surface area contributed by atoms with Gasteiger partial charge in [0, 0.05) is 37.5 Å². The summed E-state index contributed by atoms with van der Waals surface area (Å²) in [6, 6.07) is 12.0. The van der Waals surface area contributed by atoms with Crippen LogP contribution in [0.1, 0.15) is 42.2 Å². The van der Waals surface area contributed by atoms with E-state index in [4.69, 9.17) is 4.74 Å². The van der Waals surface area contributed by atoms with Crippen LogP contribution in [0.3, 0.4) is 0 Å². The lowest BCUT2D eigenvalue weighted by Crippen LogP contribution is -2.43. The average molecular weight is 518 g/mol.